The molecule has 1 aliphatic carbocycles. The third kappa shape index (κ3) is 11.0. The number of hydrogen-bond acceptors (Lipinski definition) is 8. The molecular weight excluding hydrogens is 924 g/mol. The second-order valence-electron chi connectivity index (χ2n) is 18.4. The fourth-order valence-corrected chi connectivity index (χ4v) is 10.8. The second-order valence-corrected chi connectivity index (χ2v) is 19.3. The maximum absolute atomic E-state index is 14.4. The molecule has 8 atom stereocenters. The van der Waals surface area contributed by atoms with E-state index in [4.69, 9.17) is 27.9 Å². The van der Waals surface area contributed by atoms with Gasteiger partial charge in [-0.1, -0.05) is 115 Å². The molecule has 4 aromatic carbocycles. The van der Waals surface area contributed by atoms with Gasteiger partial charge in [0.05, 0.1) is 18.6 Å². The van der Waals surface area contributed by atoms with E-state index < -0.39 is 83.5 Å². The van der Waals surface area contributed by atoms with Crippen molar-refractivity contribution in [2.24, 2.45) is 17.8 Å². The summed E-state index contributed by atoms with van der Waals surface area (Å²) in [7, 11) is 0. The van der Waals surface area contributed by atoms with Gasteiger partial charge in [0.15, 0.2) is 5.85 Å². The number of likely N-dealkylation sites (tertiary alicyclic amines) is 2. The van der Waals surface area contributed by atoms with Gasteiger partial charge in [-0.15, -0.1) is 0 Å². The molecule has 4 aromatic rings. The Balaban J connectivity index is 1.06. The molecule has 17 heteroatoms. The van der Waals surface area contributed by atoms with Crippen LogP contribution in [0, 0.1) is 17.8 Å². The van der Waals surface area contributed by atoms with Crippen molar-refractivity contribution in [3.8, 4) is 11.1 Å². The Labute approximate surface area is 403 Å². The van der Waals surface area contributed by atoms with Gasteiger partial charge in [-0.2, -0.15) is 13.2 Å². The van der Waals surface area contributed by atoms with Crippen molar-refractivity contribution in [3.63, 3.8) is 0 Å². The summed E-state index contributed by atoms with van der Waals surface area (Å²) in [5.74, 6) is -7.80. The van der Waals surface area contributed by atoms with Crippen LogP contribution in [0.3, 0.4) is 0 Å². The van der Waals surface area contributed by atoms with Crippen LogP contribution in [0.25, 0.3) is 11.1 Å². The highest BCUT2D eigenvalue weighted by Crippen LogP contribution is 2.45. The third-order valence-electron chi connectivity index (χ3n) is 13.7. The number of aryl methyl sites for hydroxylation is 2. The maximum Gasteiger partial charge on any atom is 0.404 e. The first-order valence-electron chi connectivity index (χ1n) is 23.0. The maximum atomic E-state index is 14.4. The number of carboxylic acids is 1. The topological polar surface area (TPSA) is 169 Å². The molecule has 2 aliphatic heterocycles. The molecule has 2 saturated heterocycles. The minimum atomic E-state index is -4.71. The Morgan fingerprint density at radius 1 is 0.838 bits per heavy atom. The number of urea groups is 1. The summed E-state index contributed by atoms with van der Waals surface area (Å²) in [4.78, 5) is 55.4. The Morgan fingerprint density at radius 2 is 1.49 bits per heavy atom. The van der Waals surface area contributed by atoms with E-state index in [1.165, 1.54) is 6.92 Å². The van der Waals surface area contributed by atoms with E-state index in [2.05, 4.69) is 10.6 Å². The predicted molar refractivity (Wildman–Crippen MR) is 250 cm³/mol. The van der Waals surface area contributed by atoms with Crippen LogP contribution in [0.4, 0.5) is 18.0 Å². The molecule has 3 aliphatic rings. The van der Waals surface area contributed by atoms with Gasteiger partial charge in [0.2, 0.25) is 5.91 Å². The van der Waals surface area contributed by atoms with Crippen molar-refractivity contribution in [2.45, 2.75) is 120 Å². The number of carbonyl (C=O) groups is 4. The monoisotopic (exact) mass is 980 g/mol. The summed E-state index contributed by atoms with van der Waals surface area (Å²) in [6, 6.07) is 22.7. The van der Waals surface area contributed by atoms with E-state index in [9.17, 15) is 47.7 Å². The number of hydrogen-bond donors (Lipinski definition) is 5. The number of halogens is 5. The molecule has 3 fully saturated rings. The first-order chi connectivity index (χ1) is 32.2. The van der Waals surface area contributed by atoms with E-state index in [0.717, 1.165) is 34.3 Å². The Bertz CT molecular complexity index is 2450. The van der Waals surface area contributed by atoms with Gasteiger partial charge in [0, 0.05) is 16.0 Å². The highest BCUT2D eigenvalue weighted by Gasteiger charge is 2.62. The Kier molecular flexibility index (Phi) is 15.5. The minimum absolute atomic E-state index is 0.0415. The Morgan fingerprint density at radius 3 is 2.12 bits per heavy atom. The molecule has 8 unspecified atom stereocenters. The summed E-state index contributed by atoms with van der Waals surface area (Å²) in [5, 5.41) is 39.5. The van der Waals surface area contributed by atoms with Crippen LogP contribution in [-0.4, -0.2) is 91.5 Å². The summed E-state index contributed by atoms with van der Waals surface area (Å²) in [6.07, 6.45) is -0.912. The standard InChI is InChI=1S/C51H57Cl2F3N4O8/c1-4-68-47(64)42-39(45(61)59(42)50(3,67)58-44(51(54,55)56)35-15-9-6-10-16-35)24-18-31-26-36(29-38(53)28-31)32-20-22-34(23-21-32)41(33-13-7-5-8-14-33)57-48(65)60-43(46(62)63)40(49(60,2)66)25-19-30-12-11-17-37(52)27-30/h5,7-8,11-14,17,20-23,26-29,35,39-44,58,66-67H,4,6,9-10,15-16,18-19,24-25H2,1-3H3,(H,57,65)(H,62,63). The van der Waals surface area contributed by atoms with E-state index in [1.807, 2.05) is 66.7 Å². The zero-order chi connectivity index (χ0) is 49.1. The Hall–Kier alpha value is -5.19. The van der Waals surface area contributed by atoms with Crippen molar-refractivity contribution >= 4 is 47.1 Å². The van der Waals surface area contributed by atoms with Gasteiger partial charge in [-0.3, -0.25) is 19.9 Å². The van der Waals surface area contributed by atoms with Crippen LogP contribution in [-0.2, 0) is 32.0 Å². The number of β-lactam (4-membered cyclic amide) rings is 1. The number of nitrogens with one attached hydrogen (secondary N) is 2. The van der Waals surface area contributed by atoms with Crippen LogP contribution >= 0.6 is 23.2 Å². The van der Waals surface area contributed by atoms with Gasteiger partial charge in [-0.25, -0.2) is 14.4 Å². The van der Waals surface area contributed by atoms with E-state index in [1.54, 1.807) is 37.3 Å². The first-order valence-corrected chi connectivity index (χ1v) is 23.8. The first kappa shape index (κ1) is 50.7. The lowest BCUT2D eigenvalue weighted by Gasteiger charge is -2.57. The van der Waals surface area contributed by atoms with Crippen molar-refractivity contribution in [3.05, 3.63) is 129 Å². The molecular formula is C51H57Cl2F3N4O8. The van der Waals surface area contributed by atoms with Crippen molar-refractivity contribution in [1.82, 2.24) is 20.4 Å². The molecule has 0 spiro atoms. The number of nitrogens with zero attached hydrogens (tertiary/aromatic N) is 2. The summed E-state index contributed by atoms with van der Waals surface area (Å²) < 4.78 is 48.4. The molecule has 0 bridgehead atoms. The molecule has 7 rings (SSSR count). The fourth-order valence-electron chi connectivity index (χ4n) is 10.4. The molecule has 364 valence electrons. The lowest BCUT2D eigenvalue weighted by Crippen LogP contribution is -2.77. The van der Waals surface area contributed by atoms with E-state index in [0.29, 0.717) is 70.8 Å². The number of carboxylic acid groups (broad SMARTS) is 1. The lowest BCUT2D eigenvalue weighted by molar-refractivity contribution is -0.238. The fraction of sp³-hybridized carbons (Fsp3) is 0.451. The SMILES string of the molecule is CCOC(=O)C1C(CCc2cc(Cl)cc(-c3ccc(C(NC(=O)N4C(C(=O)O)C(CCc5cccc(Cl)c5)C4(C)O)c4ccccc4)cc3)c2)C(=O)N1C(C)(O)NC(C1CCCCC1)C(F)(F)F. The van der Waals surface area contributed by atoms with Gasteiger partial charge < -0.3 is 25.4 Å². The average molecular weight is 982 g/mol. The summed E-state index contributed by atoms with van der Waals surface area (Å²) >= 11 is 12.8. The summed E-state index contributed by atoms with van der Waals surface area (Å²) in [6.45, 7) is 4.03. The second kappa shape index (κ2) is 20.8. The lowest BCUT2D eigenvalue weighted by atomic mass is 9.74. The molecule has 68 heavy (non-hydrogen) atoms. The number of benzene rings is 4. The van der Waals surface area contributed by atoms with Gasteiger partial charge in [0.1, 0.15) is 23.9 Å². The zero-order valence-electron chi connectivity index (χ0n) is 38.0. The normalized spacial score (nSPS) is 23.7. The van der Waals surface area contributed by atoms with Crippen LogP contribution in [0.15, 0.2) is 97.1 Å². The van der Waals surface area contributed by atoms with Crippen molar-refractivity contribution in [2.75, 3.05) is 6.61 Å². The van der Waals surface area contributed by atoms with Gasteiger partial charge in [-0.05, 0) is 123 Å². The summed E-state index contributed by atoms with van der Waals surface area (Å²) in [5.41, 5.74) is 2.63. The molecule has 12 nitrogen and oxygen atoms in total. The number of alkyl halides is 3. The van der Waals surface area contributed by atoms with E-state index >= 15 is 0 Å². The molecule has 5 N–H and O–H groups in total. The quantitative estimate of drug-likeness (QED) is 0.0394. The van der Waals surface area contributed by atoms with Crippen molar-refractivity contribution in [1.29, 1.82) is 0 Å². The van der Waals surface area contributed by atoms with Crippen LogP contribution in [0.2, 0.25) is 10.0 Å². The molecule has 2 heterocycles. The number of amides is 3. The third-order valence-corrected chi connectivity index (χ3v) is 14.2. The molecule has 0 aromatic heterocycles. The number of aliphatic hydroxyl groups is 2. The predicted octanol–water partition coefficient (Wildman–Crippen LogP) is 9.28. The smallest absolute Gasteiger partial charge is 0.404 e. The highest BCUT2D eigenvalue weighted by molar-refractivity contribution is 6.31. The number of aliphatic carboxylic acids is 1. The number of carbonyl (C=O) groups excluding carboxylic acids is 3. The number of rotatable bonds is 17. The average Bonchev–Trinajstić information content (AvgIpc) is 3.28. The highest BCUT2D eigenvalue weighted by atomic mass is 35.5. The molecule has 3 amide bonds. The van der Waals surface area contributed by atoms with Gasteiger partial charge in [0.25, 0.3) is 0 Å². The zero-order valence-corrected chi connectivity index (χ0v) is 39.5. The van der Waals surface area contributed by atoms with Crippen LogP contribution in [0.5, 0.6) is 0 Å². The molecule has 1 saturated carbocycles. The largest absolute Gasteiger partial charge is 0.480 e. The van der Waals surface area contributed by atoms with Crippen LogP contribution < -0.4 is 10.6 Å². The van der Waals surface area contributed by atoms with Crippen LogP contribution in [0.1, 0.15) is 94.0 Å². The van der Waals surface area contributed by atoms with E-state index in [-0.39, 0.29) is 19.4 Å². The molecule has 0 radical (unpaired) electrons. The number of ether oxygens (including phenoxy) is 1. The van der Waals surface area contributed by atoms with Gasteiger partial charge >= 0.3 is 24.1 Å². The minimum Gasteiger partial charge on any atom is -0.480 e. The van der Waals surface area contributed by atoms with Crippen molar-refractivity contribution < 1.29 is 52.4 Å². The number of esters is 1.